The first kappa shape index (κ1) is 17.6. The summed E-state index contributed by atoms with van der Waals surface area (Å²) in [6.07, 6.45) is 0.219. The number of nitrogens with one attached hydrogen (secondary N) is 2. The summed E-state index contributed by atoms with van der Waals surface area (Å²) in [5, 5.41) is 17.2. The van der Waals surface area contributed by atoms with Crippen LogP contribution in [0, 0.1) is 6.92 Å². The van der Waals surface area contributed by atoms with Crippen molar-refractivity contribution < 1.29 is 28.8 Å². The fraction of sp³-hybridized carbons (Fsp3) is 0.538. The molecule has 0 bridgehead atoms. The molecule has 0 unspecified atom stereocenters. The largest absolute Gasteiger partial charge is 0.480 e. The summed E-state index contributed by atoms with van der Waals surface area (Å²) in [6.45, 7) is 3.15. The predicted octanol–water partition coefficient (Wildman–Crippen LogP) is -0.293. The second-order valence-electron chi connectivity index (χ2n) is 4.61. The zero-order valence-electron chi connectivity index (χ0n) is 12.6. The van der Waals surface area contributed by atoms with E-state index < -0.39 is 29.9 Å². The number of carbonyl (C=O) groups is 3. The molecule has 0 aromatic carbocycles. The number of aryl methyl sites for hydroxylation is 1. The minimum Gasteiger partial charge on any atom is -0.480 e. The van der Waals surface area contributed by atoms with Crippen LogP contribution >= 0.6 is 0 Å². The van der Waals surface area contributed by atoms with Gasteiger partial charge in [-0.15, -0.1) is 0 Å². The molecular formula is C13H19N3O6. The summed E-state index contributed by atoms with van der Waals surface area (Å²) >= 11 is 0. The molecule has 1 aromatic rings. The van der Waals surface area contributed by atoms with Crippen molar-refractivity contribution in [2.75, 3.05) is 13.7 Å². The van der Waals surface area contributed by atoms with Gasteiger partial charge in [-0.2, -0.15) is 0 Å². The summed E-state index contributed by atoms with van der Waals surface area (Å²) in [5.74, 6) is -1.96. The smallest absolute Gasteiger partial charge is 0.326 e. The van der Waals surface area contributed by atoms with Gasteiger partial charge in [0, 0.05) is 13.2 Å². The molecule has 22 heavy (non-hydrogen) atoms. The van der Waals surface area contributed by atoms with Crippen LogP contribution in [-0.4, -0.2) is 53.8 Å². The SMILES string of the molecule is CC[C@H](NC(=O)[C@H](COC)NC(=O)c1cc(C)on1)C(=O)O. The number of carbonyl (C=O) groups excluding carboxylic acids is 2. The molecule has 9 heteroatoms. The normalized spacial score (nSPS) is 13.2. The van der Waals surface area contributed by atoms with E-state index in [0.29, 0.717) is 5.76 Å². The molecule has 0 aliphatic heterocycles. The van der Waals surface area contributed by atoms with Gasteiger partial charge < -0.3 is 25.0 Å². The van der Waals surface area contributed by atoms with Crippen LogP contribution < -0.4 is 10.6 Å². The van der Waals surface area contributed by atoms with Crippen molar-refractivity contribution in [1.82, 2.24) is 15.8 Å². The van der Waals surface area contributed by atoms with E-state index in [-0.39, 0.29) is 18.7 Å². The second kappa shape index (κ2) is 8.13. The molecule has 122 valence electrons. The summed E-state index contributed by atoms with van der Waals surface area (Å²) in [6, 6.07) is -0.649. The number of hydrogen-bond donors (Lipinski definition) is 3. The van der Waals surface area contributed by atoms with Gasteiger partial charge in [-0.1, -0.05) is 12.1 Å². The zero-order valence-corrected chi connectivity index (χ0v) is 12.6. The van der Waals surface area contributed by atoms with Crippen molar-refractivity contribution in [1.29, 1.82) is 0 Å². The number of ether oxygens (including phenoxy) is 1. The molecule has 1 aromatic heterocycles. The Bertz CT molecular complexity index is 542. The number of hydrogen-bond acceptors (Lipinski definition) is 6. The highest BCUT2D eigenvalue weighted by Crippen LogP contribution is 2.02. The van der Waals surface area contributed by atoms with E-state index in [2.05, 4.69) is 15.8 Å². The third-order valence-electron chi connectivity index (χ3n) is 2.84. The molecule has 0 radical (unpaired) electrons. The first-order chi connectivity index (χ1) is 10.4. The topological polar surface area (TPSA) is 131 Å². The van der Waals surface area contributed by atoms with Gasteiger partial charge in [0.1, 0.15) is 17.8 Å². The Kier molecular flexibility index (Phi) is 6.51. The van der Waals surface area contributed by atoms with E-state index in [0.717, 1.165) is 0 Å². The van der Waals surface area contributed by atoms with Gasteiger partial charge in [-0.3, -0.25) is 9.59 Å². The van der Waals surface area contributed by atoms with Crippen LogP contribution in [0.2, 0.25) is 0 Å². The first-order valence-electron chi connectivity index (χ1n) is 6.65. The van der Waals surface area contributed by atoms with E-state index in [1.807, 2.05) is 0 Å². The highest BCUT2D eigenvalue weighted by Gasteiger charge is 2.26. The van der Waals surface area contributed by atoms with Gasteiger partial charge >= 0.3 is 5.97 Å². The molecule has 1 heterocycles. The van der Waals surface area contributed by atoms with Crippen molar-refractivity contribution in [2.24, 2.45) is 0 Å². The minimum atomic E-state index is -1.15. The summed E-state index contributed by atoms with van der Waals surface area (Å²) in [4.78, 5) is 35.0. The standard InChI is InChI=1S/C13H19N3O6/c1-4-8(13(19)20)14-12(18)10(6-21-3)15-11(17)9-5-7(2)22-16-9/h5,8,10H,4,6H2,1-3H3,(H,14,18)(H,15,17)(H,19,20)/t8-,10-/m0/s1. The maximum atomic E-state index is 12.1. The summed E-state index contributed by atoms with van der Waals surface area (Å²) in [7, 11) is 1.36. The number of aliphatic carboxylic acids is 1. The summed E-state index contributed by atoms with van der Waals surface area (Å²) in [5.41, 5.74) is 0.0247. The fourth-order valence-electron chi connectivity index (χ4n) is 1.67. The lowest BCUT2D eigenvalue weighted by atomic mass is 10.2. The van der Waals surface area contributed by atoms with Gasteiger partial charge in [-0.25, -0.2) is 4.79 Å². The quantitative estimate of drug-likeness (QED) is 0.601. The molecule has 0 spiro atoms. The Morgan fingerprint density at radius 2 is 2.05 bits per heavy atom. The van der Waals surface area contributed by atoms with Gasteiger partial charge in [0.05, 0.1) is 6.61 Å². The monoisotopic (exact) mass is 313 g/mol. The Morgan fingerprint density at radius 1 is 1.36 bits per heavy atom. The Morgan fingerprint density at radius 3 is 2.50 bits per heavy atom. The maximum absolute atomic E-state index is 12.1. The van der Waals surface area contributed by atoms with Crippen LogP contribution in [0.15, 0.2) is 10.6 Å². The van der Waals surface area contributed by atoms with Crippen molar-refractivity contribution in [3.63, 3.8) is 0 Å². The van der Waals surface area contributed by atoms with Gasteiger partial charge in [0.2, 0.25) is 5.91 Å². The molecule has 0 fully saturated rings. The molecule has 0 saturated heterocycles. The third-order valence-corrected chi connectivity index (χ3v) is 2.84. The lowest BCUT2D eigenvalue weighted by molar-refractivity contribution is -0.142. The van der Waals surface area contributed by atoms with Crippen LogP contribution in [0.1, 0.15) is 29.6 Å². The molecule has 0 saturated carbocycles. The molecule has 0 aliphatic carbocycles. The minimum absolute atomic E-state index is 0.0247. The van der Waals surface area contributed by atoms with Crippen LogP contribution in [0.5, 0.6) is 0 Å². The average molecular weight is 313 g/mol. The van der Waals surface area contributed by atoms with Gasteiger partial charge in [0.15, 0.2) is 5.69 Å². The molecule has 2 atom stereocenters. The van der Waals surface area contributed by atoms with E-state index in [1.54, 1.807) is 13.8 Å². The highest BCUT2D eigenvalue weighted by molar-refractivity contribution is 5.96. The van der Waals surface area contributed by atoms with Crippen LogP contribution in [0.3, 0.4) is 0 Å². The van der Waals surface area contributed by atoms with E-state index in [1.165, 1.54) is 13.2 Å². The van der Waals surface area contributed by atoms with Crippen molar-refractivity contribution in [3.05, 3.63) is 17.5 Å². The van der Waals surface area contributed by atoms with E-state index >= 15 is 0 Å². The van der Waals surface area contributed by atoms with Crippen molar-refractivity contribution in [3.8, 4) is 0 Å². The number of rotatable bonds is 8. The van der Waals surface area contributed by atoms with Crippen LogP contribution in [0.25, 0.3) is 0 Å². The van der Waals surface area contributed by atoms with Gasteiger partial charge in [0.25, 0.3) is 5.91 Å². The van der Waals surface area contributed by atoms with Crippen LogP contribution in [0.4, 0.5) is 0 Å². The van der Waals surface area contributed by atoms with Crippen LogP contribution in [-0.2, 0) is 14.3 Å². The van der Waals surface area contributed by atoms with E-state index in [9.17, 15) is 14.4 Å². The first-order valence-corrected chi connectivity index (χ1v) is 6.65. The number of carboxylic acid groups (broad SMARTS) is 1. The highest BCUT2D eigenvalue weighted by atomic mass is 16.5. The predicted molar refractivity (Wildman–Crippen MR) is 74.2 cm³/mol. The number of nitrogens with zero attached hydrogens (tertiary/aromatic N) is 1. The number of carboxylic acids is 1. The lowest BCUT2D eigenvalue weighted by Crippen LogP contribution is -2.53. The summed E-state index contributed by atoms with van der Waals surface area (Å²) < 4.78 is 9.66. The van der Waals surface area contributed by atoms with Crippen molar-refractivity contribution >= 4 is 17.8 Å². The number of aromatic nitrogens is 1. The third kappa shape index (κ3) is 4.85. The molecule has 0 aliphatic rings. The lowest BCUT2D eigenvalue weighted by Gasteiger charge is -2.19. The number of amides is 2. The Labute approximate surface area is 127 Å². The molecule has 1 rings (SSSR count). The molecule has 2 amide bonds. The average Bonchev–Trinajstić information content (AvgIpc) is 2.90. The molecular weight excluding hydrogens is 294 g/mol. The van der Waals surface area contributed by atoms with Gasteiger partial charge in [-0.05, 0) is 13.3 Å². The Balaban J connectivity index is 2.73. The Hall–Kier alpha value is -2.42. The maximum Gasteiger partial charge on any atom is 0.326 e. The fourth-order valence-corrected chi connectivity index (χ4v) is 1.67. The number of methoxy groups -OCH3 is 1. The van der Waals surface area contributed by atoms with E-state index in [4.69, 9.17) is 14.4 Å². The zero-order chi connectivity index (χ0) is 16.7. The second-order valence-corrected chi connectivity index (χ2v) is 4.61. The molecule has 9 nitrogen and oxygen atoms in total. The molecule has 3 N–H and O–H groups in total. The van der Waals surface area contributed by atoms with Crippen molar-refractivity contribution in [2.45, 2.75) is 32.4 Å².